The highest BCUT2D eigenvalue weighted by Gasteiger charge is 2.15. The number of nitrogens with zero attached hydrogens (tertiary/aromatic N) is 3. The first kappa shape index (κ1) is 11.0. The Morgan fingerprint density at radius 1 is 1.00 bits per heavy atom. The summed E-state index contributed by atoms with van der Waals surface area (Å²) in [6.45, 7) is 0. The summed E-state index contributed by atoms with van der Waals surface area (Å²) >= 11 is 0. The Balaban J connectivity index is 2.76. The van der Waals surface area contributed by atoms with Crippen molar-refractivity contribution in [3.8, 4) is 6.07 Å². The molecule has 0 aliphatic rings. The van der Waals surface area contributed by atoms with Crippen LogP contribution in [-0.2, 0) is 0 Å². The number of hydrogen-bond donors (Lipinski definition) is 3. The molecular formula is C13H10N6. The van der Waals surface area contributed by atoms with Crippen molar-refractivity contribution >= 4 is 39.0 Å². The molecule has 0 saturated heterocycles. The van der Waals surface area contributed by atoms with Crippen molar-refractivity contribution in [1.29, 1.82) is 5.26 Å². The molecule has 0 spiro atoms. The molecule has 0 radical (unpaired) electrons. The van der Waals surface area contributed by atoms with Crippen molar-refractivity contribution in [2.45, 2.75) is 0 Å². The maximum atomic E-state index is 9.15. The maximum absolute atomic E-state index is 9.15. The zero-order valence-electron chi connectivity index (χ0n) is 9.88. The lowest BCUT2D eigenvalue weighted by Gasteiger charge is -2.04. The molecular weight excluding hydrogens is 240 g/mol. The first-order chi connectivity index (χ1) is 9.13. The highest BCUT2D eigenvalue weighted by Crippen LogP contribution is 2.35. The zero-order chi connectivity index (χ0) is 13.6. The van der Waals surface area contributed by atoms with Gasteiger partial charge in [-0.25, -0.2) is 9.97 Å². The van der Waals surface area contributed by atoms with Crippen LogP contribution >= 0.6 is 0 Å². The quantitative estimate of drug-likeness (QED) is 0.553. The smallest absolute Gasteiger partial charge is 0.163 e. The molecule has 0 aliphatic heterocycles. The third-order valence-electron chi connectivity index (χ3n) is 3.04. The van der Waals surface area contributed by atoms with Crippen molar-refractivity contribution < 1.29 is 0 Å². The number of nitriles is 1. The van der Waals surface area contributed by atoms with Crippen molar-refractivity contribution in [3.05, 3.63) is 30.0 Å². The van der Waals surface area contributed by atoms with Gasteiger partial charge in [0.15, 0.2) is 5.65 Å². The monoisotopic (exact) mass is 250 g/mol. The molecule has 19 heavy (non-hydrogen) atoms. The van der Waals surface area contributed by atoms with Crippen LogP contribution in [0.25, 0.3) is 21.8 Å². The lowest BCUT2D eigenvalue weighted by molar-refractivity contribution is 1.34. The van der Waals surface area contributed by atoms with Gasteiger partial charge in [0.1, 0.15) is 11.9 Å². The van der Waals surface area contributed by atoms with E-state index >= 15 is 0 Å². The number of anilines is 3. The number of nitrogens with two attached hydrogens (primary N) is 3. The second-order valence-corrected chi connectivity index (χ2v) is 4.17. The summed E-state index contributed by atoms with van der Waals surface area (Å²) in [6.07, 6.45) is 1.46. The minimum Gasteiger partial charge on any atom is -0.398 e. The summed E-state index contributed by atoms with van der Waals surface area (Å²) in [4.78, 5) is 8.26. The van der Waals surface area contributed by atoms with Crippen LogP contribution in [0.3, 0.4) is 0 Å². The van der Waals surface area contributed by atoms with Crippen LogP contribution in [0.1, 0.15) is 5.56 Å². The summed E-state index contributed by atoms with van der Waals surface area (Å²) in [5.74, 6) is 0.255. The SMILES string of the molecule is N#Cc1cnc2nc(N)c3c(N)cccc(N)c3c12. The fourth-order valence-corrected chi connectivity index (χ4v) is 2.22. The Hall–Kier alpha value is -3.07. The molecule has 0 amide bonds. The van der Waals surface area contributed by atoms with Crippen LogP contribution in [0, 0.1) is 11.3 Å². The van der Waals surface area contributed by atoms with Gasteiger partial charge >= 0.3 is 0 Å². The van der Waals surface area contributed by atoms with Crippen LogP contribution in [0.2, 0.25) is 0 Å². The third-order valence-corrected chi connectivity index (χ3v) is 3.04. The Bertz CT molecular complexity index is 862. The molecule has 0 aliphatic carbocycles. The van der Waals surface area contributed by atoms with E-state index in [1.54, 1.807) is 18.2 Å². The maximum Gasteiger partial charge on any atom is 0.163 e. The average molecular weight is 250 g/mol. The largest absolute Gasteiger partial charge is 0.398 e. The van der Waals surface area contributed by atoms with Crippen LogP contribution in [0.4, 0.5) is 17.2 Å². The van der Waals surface area contributed by atoms with E-state index < -0.39 is 0 Å². The molecule has 0 bridgehead atoms. The second kappa shape index (κ2) is 3.71. The molecule has 2 heterocycles. The first-order valence-corrected chi connectivity index (χ1v) is 5.55. The Labute approximate surface area is 108 Å². The highest BCUT2D eigenvalue weighted by molar-refractivity contribution is 6.19. The number of nitrogen functional groups attached to an aromatic ring is 3. The number of hydrogen-bond acceptors (Lipinski definition) is 6. The van der Waals surface area contributed by atoms with Gasteiger partial charge in [-0.2, -0.15) is 5.26 Å². The first-order valence-electron chi connectivity index (χ1n) is 5.55. The minimum absolute atomic E-state index is 0.255. The molecule has 3 rings (SSSR count). The highest BCUT2D eigenvalue weighted by atomic mass is 14.9. The van der Waals surface area contributed by atoms with E-state index in [-0.39, 0.29) is 5.82 Å². The van der Waals surface area contributed by atoms with Crippen LogP contribution < -0.4 is 17.2 Å². The molecule has 6 N–H and O–H groups in total. The van der Waals surface area contributed by atoms with Gasteiger partial charge in [0.2, 0.25) is 0 Å². The van der Waals surface area contributed by atoms with Gasteiger partial charge in [-0.15, -0.1) is 0 Å². The molecule has 6 nitrogen and oxygen atoms in total. The fourth-order valence-electron chi connectivity index (χ4n) is 2.22. The molecule has 3 aromatic rings. The summed E-state index contributed by atoms with van der Waals surface area (Å²) in [6, 6.07) is 7.23. The van der Waals surface area contributed by atoms with E-state index in [0.717, 1.165) is 0 Å². The van der Waals surface area contributed by atoms with E-state index in [1.807, 2.05) is 0 Å². The van der Waals surface area contributed by atoms with E-state index in [0.29, 0.717) is 38.7 Å². The molecule has 1 aromatic carbocycles. The van der Waals surface area contributed by atoms with Crippen LogP contribution in [-0.4, -0.2) is 9.97 Å². The molecule has 6 heteroatoms. The predicted octanol–water partition coefficient (Wildman–Crippen LogP) is 1.40. The summed E-state index contributed by atoms with van der Waals surface area (Å²) in [5.41, 5.74) is 19.7. The molecule has 0 unspecified atom stereocenters. The van der Waals surface area contributed by atoms with Crippen molar-refractivity contribution in [1.82, 2.24) is 9.97 Å². The number of rotatable bonds is 0. The molecule has 2 aromatic heterocycles. The second-order valence-electron chi connectivity index (χ2n) is 4.17. The van der Waals surface area contributed by atoms with E-state index in [2.05, 4.69) is 16.0 Å². The lowest BCUT2D eigenvalue weighted by Crippen LogP contribution is -1.97. The van der Waals surface area contributed by atoms with Crippen LogP contribution in [0.5, 0.6) is 0 Å². The van der Waals surface area contributed by atoms with Gasteiger partial charge in [0, 0.05) is 33.7 Å². The van der Waals surface area contributed by atoms with Crippen LogP contribution in [0.15, 0.2) is 24.4 Å². The van der Waals surface area contributed by atoms with Crippen molar-refractivity contribution in [2.75, 3.05) is 17.2 Å². The van der Waals surface area contributed by atoms with Gasteiger partial charge in [-0.3, -0.25) is 0 Å². The van der Waals surface area contributed by atoms with Crippen molar-refractivity contribution in [2.24, 2.45) is 0 Å². The van der Waals surface area contributed by atoms with E-state index in [4.69, 9.17) is 22.5 Å². The Kier molecular flexibility index (Phi) is 2.16. The molecule has 0 fully saturated rings. The summed E-state index contributed by atoms with van der Waals surface area (Å²) < 4.78 is 0. The normalized spacial score (nSPS) is 10.7. The minimum atomic E-state index is 0.255. The number of aromatic nitrogens is 2. The van der Waals surface area contributed by atoms with E-state index in [9.17, 15) is 0 Å². The summed E-state index contributed by atoms with van der Waals surface area (Å²) in [7, 11) is 0. The lowest BCUT2D eigenvalue weighted by atomic mass is 10.1. The van der Waals surface area contributed by atoms with Gasteiger partial charge in [-0.05, 0) is 12.1 Å². The summed E-state index contributed by atoms with van der Waals surface area (Å²) in [5, 5.41) is 10.9. The Morgan fingerprint density at radius 2 is 1.68 bits per heavy atom. The van der Waals surface area contributed by atoms with Gasteiger partial charge in [0.25, 0.3) is 0 Å². The number of fused-ring (bicyclic) bond motifs is 3. The van der Waals surface area contributed by atoms with Gasteiger partial charge in [0.05, 0.1) is 5.56 Å². The van der Waals surface area contributed by atoms with E-state index in [1.165, 1.54) is 6.20 Å². The van der Waals surface area contributed by atoms with Gasteiger partial charge < -0.3 is 17.2 Å². The zero-order valence-corrected chi connectivity index (χ0v) is 9.88. The average Bonchev–Trinajstić information content (AvgIpc) is 2.72. The standard InChI is InChI=1S/C13H10N6/c14-4-6-5-18-13-9(6)10-7(15)2-1-3-8(16)11(10)12(17)19-13/h1-3,5H,15-16H2,(H2,17,18,19). The van der Waals surface area contributed by atoms with Crippen molar-refractivity contribution in [3.63, 3.8) is 0 Å². The Morgan fingerprint density at radius 3 is 2.37 bits per heavy atom. The topological polar surface area (TPSA) is 128 Å². The predicted molar refractivity (Wildman–Crippen MR) is 75.0 cm³/mol. The third kappa shape index (κ3) is 1.42. The number of pyridine rings is 1. The molecule has 0 saturated carbocycles. The molecule has 0 atom stereocenters. The van der Waals surface area contributed by atoms with Gasteiger partial charge in [-0.1, -0.05) is 6.07 Å². The molecule has 92 valence electrons. The fraction of sp³-hybridized carbons (Fsp3) is 0.